The molecule has 0 spiro atoms. The molecule has 4 heterocycles. The van der Waals surface area contributed by atoms with Crippen LogP contribution in [0.25, 0.3) is 10.9 Å². The summed E-state index contributed by atoms with van der Waals surface area (Å²) in [6, 6.07) is 6.52. The van der Waals surface area contributed by atoms with Crippen molar-refractivity contribution in [2.45, 2.75) is 37.5 Å². The normalized spacial score (nSPS) is 19.2. The fourth-order valence-corrected chi connectivity index (χ4v) is 4.75. The van der Waals surface area contributed by atoms with E-state index in [0.717, 1.165) is 45.3 Å². The van der Waals surface area contributed by atoms with Crippen LogP contribution >= 0.6 is 23.2 Å². The van der Waals surface area contributed by atoms with Gasteiger partial charge in [0.2, 0.25) is 5.95 Å². The number of ether oxygens (including phenoxy) is 1. The van der Waals surface area contributed by atoms with Crippen LogP contribution in [0, 0.1) is 0 Å². The van der Waals surface area contributed by atoms with Crippen LogP contribution in [0.4, 0.5) is 24.8 Å². The third-order valence-corrected chi connectivity index (χ3v) is 6.90. The summed E-state index contributed by atoms with van der Waals surface area (Å²) < 4.78 is 44.7. The van der Waals surface area contributed by atoms with Crippen LogP contribution in [0.1, 0.15) is 30.6 Å². The van der Waals surface area contributed by atoms with Gasteiger partial charge in [0, 0.05) is 5.39 Å². The predicted molar refractivity (Wildman–Crippen MR) is 119 cm³/mol. The van der Waals surface area contributed by atoms with E-state index in [1.54, 1.807) is 0 Å². The molecule has 2 aromatic heterocycles. The van der Waals surface area contributed by atoms with Crippen molar-refractivity contribution in [3.8, 4) is 0 Å². The first-order valence-electron chi connectivity index (χ1n) is 10.6. The number of alkyl halides is 3. The van der Waals surface area contributed by atoms with Gasteiger partial charge in [-0.2, -0.15) is 5.10 Å². The molecule has 1 atom stereocenters. The second-order valence-electron chi connectivity index (χ2n) is 8.24. The Bertz CT molecular complexity index is 1150. The van der Waals surface area contributed by atoms with E-state index in [0.29, 0.717) is 27.5 Å². The molecule has 2 aliphatic rings. The van der Waals surface area contributed by atoms with Gasteiger partial charge in [0.15, 0.2) is 5.15 Å². The SMILES string of the molecule is FC(F)C(F)n1ncc(Nc2nc(Cl)c3ccc(C4CCN(C5COC5)CC4)cc3n2)c1Cl. The zero-order valence-electron chi connectivity index (χ0n) is 17.4. The highest BCUT2D eigenvalue weighted by Gasteiger charge is 2.30. The average molecular weight is 501 g/mol. The summed E-state index contributed by atoms with van der Waals surface area (Å²) in [6.45, 7) is 3.71. The van der Waals surface area contributed by atoms with Gasteiger partial charge in [0.25, 0.3) is 12.7 Å². The zero-order chi connectivity index (χ0) is 23.1. The van der Waals surface area contributed by atoms with Crippen molar-refractivity contribution in [2.75, 3.05) is 31.6 Å². The quantitative estimate of drug-likeness (QED) is 0.469. The van der Waals surface area contributed by atoms with E-state index in [1.165, 1.54) is 5.56 Å². The largest absolute Gasteiger partial charge is 0.378 e. The summed E-state index contributed by atoms with van der Waals surface area (Å²) in [5, 5.41) is 6.99. The highest BCUT2D eigenvalue weighted by molar-refractivity contribution is 6.34. The lowest BCUT2D eigenvalue weighted by molar-refractivity contribution is -0.0712. The number of rotatable bonds is 6. The monoisotopic (exact) mass is 500 g/mol. The van der Waals surface area contributed by atoms with Crippen LogP contribution in [0.2, 0.25) is 10.3 Å². The average Bonchev–Trinajstić information content (AvgIpc) is 3.12. The molecule has 1 unspecified atom stereocenters. The molecular formula is C21H21Cl2F3N6O. The van der Waals surface area contributed by atoms with Gasteiger partial charge in [-0.3, -0.25) is 4.90 Å². The minimum atomic E-state index is -3.26. The lowest BCUT2D eigenvalue weighted by Crippen LogP contribution is -2.51. The Labute approximate surface area is 197 Å². The Morgan fingerprint density at radius 3 is 2.52 bits per heavy atom. The van der Waals surface area contributed by atoms with Gasteiger partial charge in [-0.25, -0.2) is 27.8 Å². The summed E-state index contributed by atoms with van der Waals surface area (Å²) >= 11 is 12.4. The molecule has 0 amide bonds. The maximum absolute atomic E-state index is 13.6. The Balaban J connectivity index is 1.36. The van der Waals surface area contributed by atoms with Gasteiger partial charge in [0.05, 0.1) is 36.7 Å². The van der Waals surface area contributed by atoms with Gasteiger partial charge in [-0.05, 0) is 49.5 Å². The summed E-state index contributed by atoms with van der Waals surface area (Å²) in [4.78, 5) is 11.2. The van der Waals surface area contributed by atoms with Crippen LogP contribution < -0.4 is 5.32 Å². The highest BCUT2D eigenvalue weighted by Crippen LogP contribution is 2.34. The first kappa shape index (κ1) is 22.6. The molecule has 0 aliphatic carbocycles. The van der Waals surface area contributed by atoms with Gasteiger partial charge < -0.3 is 10.1 Å². The first-order valence-corrected chi connectivity index (χ1v) is 11.4. The van der Waals surface area contributed by atoms with Crippen molar-refractivity contribution in [3.63, 3.8) is 0 Å². The van der Waals surface area contributed by atoms with Crippen LogP contribution in [-0.4, -0.2) is 63.4 Å². The van der Waals surface area contributed by atoms with E-state index in [1.807, 2.05) is 12.1 Å². The molecule has 1 N–H and O–H groups in total. The fourth-order valence-electron chi connectivity index (χ4n) is 4.28. The molecule has 176 valence electrons. The van der Waals surface area contributed by atoms with Crippen molar-refractivity contribution < 1.29 is 17.9 Å². The number of benzene rings is 1. The minimum absolute atomic E-state index is 0.0962. The Hall–Kier alpha value is -2.14. The second-order valence-corrected chi connectivity index (χ2v) is 8.96. The molecule has 2 fully saturated rings. The Morgan fingerprint density at radius 2 is 1.85 bits per heavy atom. The lowest BCUT2D eigenvalue weighted by atomic mass is 9.88. The molecule has 1 aromatic carbocycles. The predicted octanol–water partition coefficient (Wildman–Crippen LogP) is 5.19. The van der Waals surface area contributed by atoms with Gasteiger partial charge in [0.1, 0.15) is 5.15 Å². The van der Waals surface area contributed by atoms with Crippen molar-refractivity contribution in [2.24, 2.45) is 0 Å². The Morgan fingerprint density at radius 1 is 1.09 bits per heavy atom. The summed E-state index contributed by atoms with van der Waals surface area (Å²) in [5.74, 6) is 0.527. The minimum Gasteiger partial charge on any atom is -0.378 e. The smallest absolute Gasteiger partial charge is 0.289 e. The van der Waals surface area contributed by atoms with Crippen molar-refractivity contribution in [1.82, 2.24) is 24.6 Å². The number of fused-ring (bicyclic) bond motifs is 1. The number of hydrogen-bond donors (Lipinski definition) is 1. The third-order valence-electron chi connectivity index (χ3n) is 6.23. The number of nitrogens with one attached hydrogen (secondary N) is 1. The van der Waals surface area contributed by atoms with Crippen LogP contribution in [0.15, 0.2) is 24.4 Å². The third kappa shape index (κ3) is 4.49. The summed E-state index contributed by atoms with van der Waals surface area (Å²) in [6.07, 6.45) is -2.67. The Kier molecular flexibility index (Phi) is 6.34. The van der Waals surface area contributed by atoms with E-state index in [9.17, 15) is 13.2 Å². The van der Waals surface area contributed by atoms with Crippen LogP contribution in [-0.2, 0) is 4.74 Å². The van der Waals surface area contributed by atoms with E-state index >= 15 is 0 Å². The first-order chi connectivity index (χ1) is 15.9. The molecule has 3 aromatic rings. The van der Waals surface area contributed by atoms with Crippen molar-refractivity contribution in [1.29, 1.82) is 0 Å². The molecule has 33 heavy (non-hydrogen) atoms. The number of aromatic nitrogens is 4. The van der Waals surface area contributed by atoms with Crippen molar-refractivity contribution in [3.05, 3.63) is 40.3 Å². The van der Waals surface area contributed by atoms with Gasteiger partial charge >= 0.3 is 0 Å². The highest BCUT2D eigenvalue weighted by atomic mass is 35.5. The van der Waals surface area contributed by atoms with E-state index in [-0.39, 0.29) is 21.9 Å². The maximum Gasteiger partial charge on any atom is 0.289 e. The molecule has 0 bridgehead atoms. The van der Waals surface area contributed by atoms with E-state index in [2.05, 4.69) is 31.3 Å². The number of hydrogen-bond acceptors (Lipinski definition) is 6. The standard InChI is InChI=1S/C21H21Cl2F3N6O/c22-17-14-2-1-12(11-3-5-31(6-4-11)13-9-33-10-13)7-15(14)28-21(30-17)29-16-8-27-32(18(16)23)20(26)19(24)25/h1-2,7-8,11,13,19-20H,3-6,9-10H2,(H,28,29,30). The number of piperidine rings is 1. The summed E-state index contributed by atoms with van der Waals surface area (Å²) in [7, 11) is 0. The molecular weight excluding hydrogens is 480 g/mol. The van der Waals surface area contributed by atoms with E-state index in [4.69, 9.17) is 27.9 Å². The molecule has 7 nitrogen and oxygen atoms in total. The van der Waals surface area contributed by atoms with Gasteiger partial charge in [-0.15, -0.1) is 0 Å². The fraction of sp³-hybridized carbons (Fsp3) is 0.476. The van der Waals surface area contributed by atoms with Crippen LogP contribution in [0.5, 0.6) is 0 Å². The number of nitrogens with zero attached hydrogens (tertiary/aromatic N) is 5. The second kappa shape index (κ2) is 9.25. The van der Waals surface area contributed by atoms with Crippen LogP contribution in [0.3, 0.4) is 0 Å². The number of anilines is 2. The molecule has 0 saturated carbocycles. The number of halogens is 5. The molecule has 2 aliphatic heterocycles. The molecule has 12 heteroatoms. The zero-order valence-corrected chi connectivity index (χ0v) is 18.9. The lowest BCUT2D eigenvalue weighted by Gasteiger charge is -2.41. The molecule has 0 radical (unpaired) electrons. The molecule has 2 saturated heterocycles. The maximum atomic E-state index is 13.6. The van der Waals surface area contributed by atoms with E-state index < -0.39 is 12.7 Å². The summed E-state index contributed by atoms with van der Waals surface area (Å²) in [5.41, 5.74) is 1.92. The van der Waals surface area contributed by atoms with Crippen molar-refractivity contribution >= 4 is 45.7 Å². The molecule has 5 rings (SSSR count). The van der Waals surface area contributed by atoms with Gasteiger partial charge in [-0.1, -0.05) is 29.3 Å². The number of likely N-dealkylation sites (tertiary alicyclic amines) is 1. The topological polar surface area (TPSA) is 68.1 Å².